The maximum absolute atomic E-state index is 13.0. The van der Waals surface area contributed by atoms with Crippen LogP contribution in [0.3, 0.4) is 0 Å². The Labute approximate surface area is 144 Å². The quantitative estimate of drug-likeness (QED) is 0.714. The molecule has 0 saturated carbocycles. The number of rotatable bonds is 8. The zero-order valence-corrected chi connectivity index (χ0v) is 14.6. The van der Waals surface area contributed by atoms with Gasteiger partial charge >= 0.3 is 6.03 Å². The van der Waals surface area contributed by atoms with Crippen molar-refractivity contribution < 1.29 is 9.18 Å². The molecule has 1 aromatic rings. The maximum atomic E-state index is 13.0. The highest BCUT2D eigenvalue weighted by Crippen LogP contribution is 2.03. The van der Waals surface area contributed by atoms with Crippen molar-refractivity contribution in [1.29, 1.82) is 0 Å². The van der Waals surface area contributed by atoms with E-state index in [9.17, 15) is 9.18 Å². The average Bonchev–Trinajstić information content (AvgIpc) is 2.60. The first-order valence-corrected chi connectivity index (χ1v) is 8.88. The van der Waals surface area contributed by atoms with Crippen LogP contribution in [0.2, 0.25) is 0 Å². The average molecular weight is 336 g/mol. The molecule has 1 aliphatic rings. The van der Waals surface area contributed by atoms with Crippen LogP contribution in [0.4, 0.5) is 9.18 Å². The number of nitrogens with zero attached hydrogens (tertiary/aromatic N) is 2. The largest absolute Gasteiger partial charge is 0.338 e. The van der Waals surface area contributed by atoms with Crippen molar-refractivity contribution in [2.45, 2.75) is 26.3 Å². The highest BCUT2D eigenvalue weighted by Gasteiger charge is 2.14. The van der Waals surface area contributed by atoms with Crippen molar-refractivity contribution >= 4 is 6.03 Å². The molecule has 0 unspecified atom stereocenters. The van der Waals surface area contributed by atoms with Gasteiger partial charge in [-0.05, 0) is 43.6 Å². The van der Waals surface area contributed by atoms with E-state index in [-0.39, 0.29) is 11.8 Å². The molecule has 6 heteroatoms. The second-order valence-electron chi connectivity index (χ2n) is 6.22. The zero-order valence-electron chi connectivity index (χ0n) is 14.6. The Morgan fingerprint density at radius 3 is 2.58 bits per heavy atom. The Bertz CT molecular complexity index is 504. The van der Waals surface area contributed by atoms with Crippen LogP contribution in [0, 0.1) is 5.82 Å². The van der Waals surface area contributed by atoms with Gasteiger partial charge in [-0.1, -0.05) is 19.1 Å². The van der Waals surface area contributed by atoms with Gasteiger partial charge in [0, 0.05) is 39.3 Å². The summed E-state index contributed by atoms with van der Waals surface area (Å²) in [6.07, 6.45) is 2.07. The summed E-state index contributed by atoms with van der Waals surface area (Å²) in [5.41, 5.74) is 0.761. The molecule has 2 amide bonds. The van der Waals surface area contributed by atoms with Gasteiger partial charge in [-0.15, -0.1) is 0 Å². The van der Waals surface area contributed by atoms with Gasteiger partial charge in [-0.2, -0.15) is 0 Å². The minimum absolute atomic E-state index is 0.198. The van der Waals surface area contributed by atoms with Gasteiger partial charge in [-0.25, -0.2) is 9.18 Å². The number of piperazine rings is 1. The molecule has 1 saturated heterocycles. The minimum atomic E-state index is -0.283. The molecule has 24 heavy (non-hydrogen) atoms. The number of halogens is 1. The van der Waals surface area contributed by atoms with Crippen molar-refractivity contribution in [2.75, 3.05) is 45.8 Å². The molecule has 1 heterocycles. The van der Waals surface area contributed by atoms with Crippen LogP contribution in [0.15, 0.2) is 24.3 Å². The molecular formula is C18H29FN4O. The third-order valence-corrected chi connectivity index (χ3v) is 4.44. The number of unbranched alkanes of at least 4 members (excludes halogenated alkanes) is 1. The van der Waals surface area contributed by atoms with Gasteiger partial charge in [-0.3, -0.25) is 0 Å². The van der Waals surface area contributed by atoms with Gasteiger partial charge in [0.15, 0.2) is 0 Å². The first kappa shape index (κ1) is 18.7. The van der Waals surface area contributed by atoms with Gasteiger partial charge < -0.3 is 20.4 Å². The second-order valence-corrected chi connectivity index (χ2v) is 6.22. The molecule has 0 bridgehead atoms. The van der Waals surface area contributed by atoms with Gasteiger partial charge in [0.25, 0.3) is 0 Å². The number of likely N-dealkylation sites (N-methyl/N-ethyl adjacent to an activating group) is 1. The lowest BCUT2D eigenvalue weighted by Gasteiger charge is -2.33. The summed E-state index contributed by atoms with van der Waals surface area (Å²) in [6.45, 7) is 10.1. The molecule has 0 aromatic heterocycles. The minimum Gasteiger partial charge on any atom is -0.338 e. The normalized spacial score (nSPS) is 16.1. The Morgan fingerprint density at radius 1 is 1.12 bits per heavy atom. The van der Waals surface area contributed by atoms with Gasteiger partial charge in [0.2, 0.25) is 0 Å². The van der Waals surface area contributed by atoms with E-state index < -0.39 is 0 Å². The fourth-order valence-electron chi connectivity index (χ4n) is 2.88. The van der Waals surface area contributed by atoms with Crippen molar-refractivity contribution in [2.24, 2.45) is 0 Å². The fraction of sp³-hybridized carbons (Fsp3) is 0.611. The lowest BCUT2D eigenvalue weighted by Crippen LogP contribution is -2.46. The number of hydrogen-bond donors (Lipinski definition) is 2. The first-order valence-electron chi connectivity index (χ1n) is 8.88. The van der Waals surface area contributed by atoms with Gasteiger partial charge in [0.05, 0.1) is 0 Å². The molecule has 5 nitrogen and oxygen atoms in total. The lowest BCUT2D eigenvalue weighted by atomic mass is 10.2. The van der Waals surface area contributed by atoms with Gasteiger partial charge in [0.1, 0.15) is 5.82 Å². The molecule has 0 aliphatic carbocycles. The number of carbonyl (C=O) groups is 1. The third kappa shape index (κ3) is 6.84. The third-order valence-electron chi connectivity index (χ3n) is 4.44. The molecule has 1 fully saturated rings. The van der Waals surface area contributed by atoms with Crippen LogP contribution in [0.25, 0.3) is 0 Å². The Morgan fingerprint density at radius 2 is 1.88 bits per heavy atom. The van der Waals surface area contributed by atoms with Crippen molar-refractivity contribution in [3.63, 3.8) is 0 Å². The summed E-state index contributed by atoms with van der Waals surface area (Å²) >= 11 is 0. The molecule has 2 rings (SSSR count). The highest BCUT2D eigenvalue weighted by molar-refractivity contribution is 5.73. The van der Waals surface area contributed by atoms with Crippen molar-refractivity contribution in [3.8, 4) is 0 Å². The zero-order chi connectivity index (χ0) is 17.2. The van der Waals surface area contributed by atoms with E-state index in [0.29, 0.717) is 13.1 Å². The van der Waals surface area contributed by atoms with E-state index in [1.54, 1.807) is 12.1 Å². The summed E-state index contributed by atoms with van der Waals surface area (Å²) in [5.74, 6) is -0.283. The monoisotopic (exact) mass is 336 g/mol. The van der Waals surface area contributed by atoms with Crippen LogP contribution in [-0.2, 0) is 6.54 Å². The molecule has 0 spiro atoms. The summed E-state index contributed by atoms with van der Waals surface area (Å²) in [4.78, 5) is 16.7. The van der Waals surface area contributed by atoms with E-state index >= 15 is 0 Å². The fourth-order valence-corrected chi connectivity index (χ4v) is 2.88. The smallest absolute Gasteiger partial charge is 0.315 e. The SMILES string of the molecule is CCN1CCN(CCCCNC(=O)NCc2cccc(F)c2)CC1. The number of benzene rings is 1. The molecule has 2 N–H and O–H groups in total. The van der Waals surface area contributed by atoms with Crippen LogP contribution in [0.1, 0.15) is 25.3 Å². The standard InChI is InChI=1S/C18H29FN4O/c1-2-22-10-12-23(13-11-22)9-4-3-8-20-18(24)21-15-16-6-5-7-17(19)14-16/h5-7,14H,2-4,8-13,15H2,1H3,(H2,20,21,24). The Kier molecular flexibility index (Phi) is 7.98. The molecule has 0 atom stereocenters. The Balaban J connectivity index is 1.49. The number of amides is 2. The summed E-state index contributed by atoms with van der Waals surface area (Å²) in [7, 11) is 0. The van der Waals surface area contributed by atoms with E-state index in [4.69, 9.17) is 0 Å². The number of nitrogens with one attached hydrogen (secondary N) is 2. The predicted molar refractivity (Wildman–Crippen MR) is 94.4 cm³/mol. The predicted octanol–water partition coefficient (Wildman–Crippen LogP) is 2.04. The number of urea groups is 1. The maximum Gasteiger partial charge on any atom is 0.315 e. The lowest BCUT2D eigenvalue weighted by molar-refractivity contribution is 0.135. The van der Waals surface area contributed by atoms with E-state index in [0.717, 1.165) is 57.7 Å². The number of hydrogen-bond acceptors (Lipinski definition) is 3. The molecular weight excluding hydrogens is 307 g/mol. The first-order chi connectivity index (χ1) is 11.7. The van der Waals surface area contributed by atoms with Crippen LogP contribution in [-0.4, -0.2) is 61.6 Å². The molecule has 0 radical (unpaired) electrons. The molecule has 1 aliphatic heterocycles. The molecule has 1 aromatic carbocycles. The summed E-state index contributed by atoms with van der Waals surface area (Å²) in [6, 6.07) is 6.06. The van der Waals surface area contributed by atoms with Crippen molar-refractivity contribution in [3.05, 3.63) is 35.6 Å². The highest BCUT2D eigenvalue weighted by atomic mass is 19.1. The van der Waals surface area contributed by atoms with E-state index in [1.807, 2.05) is 0 Å². The topological polar surface area (TPSA) is 47.6 Å². The Hall–Kier alpha value is -1.66. The van der Waals surface area contributed by atoms with Crippen LogP contribution < -0.4 is 10.6 Å². The van der Waals surface area contributed by atoms with Crippen LogP contribution >= 0.6 is 0 Å². The van der Waals surface area contributed by atoms with E-state index in [1.165, 1.54) is 12.1 Å². The van der Waals surface area contributed by atoms with E-state index in [2.05, 4.69) is 27.4 Å². The second kappa shape index (κ2) is 10.3. The number of carbonyl (C=O) groups excluding carboxylic acids is 1. The van der Waals surface area contributed by atoms with Crippen LogP contribution in [0.5, 0.6) is 0 Å². The van der Waals surface area contributed by atoms with Crippen molar-refractivity contribution in [1.82, 2.24) is 20.4 Å². The molecule has 134 valence electrons. The summed E-state index contributed by atoms with van der Waals surface area (Å²) in [5, 5.41) is 5.60. The summed E-state index contributed by atoms with van der Waals surface area (Å²) < 4.78 is 13.0.